The largest absolute Gasteiger partial charge is 0.383 e. The lowest BCUT2D eigenvalue weighted by Gasteiger charge is -2.16. The van der Waals surface area contributed by atoms with Gasteiger partial charge in [0.1, 0.15) is 0 Å². The highest BCUT2D eigenvalue weighted by atomic mass is 16.5. The van der Waals surface area contributed by atoms with Crippen molar-refractivity contribution in [3.8, 4) is 0 Å². The van der Waals surface area contributed by atoms with Gasteiger partial charge in [0.2, 0.25) is 0 Å². The molecule has 0 saturated heterocycles. The standard InChI is InChI=1S/C14H22N4O3/c1-21-9-7-16-14(20)15-6-8-18-13(19)10-11-4-2-3-5-12(11)17-18/h10H,2-9H2,1H3,(H2,15,16,20). The monoisotopic (exact) mass is 294 g/mol. The zero-order valence-electron chi connectivity index (χ0n) is 12.4. The number of urea groups is 1. The Kier molecular flexibility index (Phi) is 5.74. The van der Waals surface area contributed by atoms with Crippen molar-refractivity contribution in [2.24, 2.45) is 0 Å². The quantitative estimate of drug-likeness (QED) is 0.727. The molecule has 2 N–H and O–H groups in total. The molecule has 7 nitrogen and oxygen atoms in total. The number of hydrogen-bond acceptors (Lipinski definition) is 4. The minimum atomic E-state index is -0.266. The molecule has 7 heteroatoms. The predicted molar refractivity (Wildman–Crippen MR) is 78.4 cm³/mol. The molecule has 2 amide bonds. The molecule has 1 heterocycles. The van der Waals surface area contributed by atoms with E-state index >= 15 is 0 Å². The summed E-state index contributed by atoms with van der Waals surface area (Å²) < 4.78 is 6.27. The highest BCUT2D eigenvalue weighted by Gasteiger charge is 2.13. The molecule has 0 bridgehead atoms. The summed E-state index contributed by atoms with van der Waals surface area (Å²) >= 11 is 0. The average molecular weight is 294 g/mol. The Hall–Kier alpha value is -1.89. The number of carbonyl (C=O) groups is 1. The first kappa shape index (κ1) is 15.5. The van der Waals surface area contributed by atoms with Gasteiger partial charge in [-0.1, -0.05) is 0 Å². The van der Waals surface area contributed by atoms with Crippen LogP contribution in [0.4, 0.5) is 4.79 Å². The molecule has 21 heavy (non-hydrogen) atoms. The van der Waals surface area contributed by atoms with Gasteiger partial charge in [-0.15, -0.1) is 0 Å². The second kappa shape index (κ2) is 7.78. The summed E-state index contributed by atoms with van der Waals surface area (Å²) in [7, 11) is 1.58. The van der Waals surface area contributed by atoms with Crippen LogP contribution in [0.3, 0.4) is 0 Å². The molecule has 0 saturated carbocycles. The van der Waals surface area contributed by atoms with Gasteiger partial charge in [0, 0.05) is 26.3 Å². The van der Waals surface area contributed by atoms with Gasteiger partial charge in [-0.25, -0.2) is 9.48 Å². The Morgan fingerprint density at radius 3 is 2.90 bits per heavy atom. The summed E-state index contributed by atoms with van der Waals surface area (Å²) in [5.41, 5.74) is 2.00. The van der Waals surface area contributed by atoms with Crippen molar-refractivity contribution in [2.75, 3.05) is 26.8 Å². The summed E-state index contributed by atoms with van der Waals surface area (Å²) in [5.74, 6) is 0. The van der Waals surface area contributed by atoms with Gasteiger partial charge < -0.3 is 15.4 Å². The summed E-state index contributed by atoms with van der Waals surface area (Å²) in [6.07, 6.45) is 4.12. The predicted octanol–water partition coefficient (Wildman–Crippen LogP) is 0.0677. The summed E-state index contributed by atoms with van der Waals surface area (Å²) in [4.78, 5) is 23.4. The van der Waals surface area contributed by atoms with Crippen LogP contribution in [-0.2, 0) is 24.1 Å². The Bertz CT molecular complexity index is 542. The minimum absolute atomic E-state index is 0.0998. The van der Waals surface area contributed by atoms with Crippen molar-refractivity contribution >= 4 is 6.03 Å². The summed E-state index contributed by atoms with van der Waals surface area (Å²) in [6.45, 7) is 1.67. The smallest absolute Gasteiger partial charge is 0.314 e. The maximum atomic E-state index is 11.9. The van der Waals surface area contributed by atoms with Crippen LogP contribution in [0.25, 0.3) is 0 Å². The first-order valence-electron chi connectivity index (χ1n) is 7.31. The van der Waals surface area contributed by atoms with Crippen molar-refractivity contribution in [1.82, 2.24) is 20.4 Å². The number of rotatable bonds is 6. The Morgan fingerprint density at radius 2 is 2.10 bits per heavy atom. The lowest BCUT2D eigenvalue weighted by molar-refractivity contribution is 0.195. The Labute approximate surface area is 123 Å². The number of nitrogens with zero attached hydrogens (tertiary/aromatic N) is 2. The van der Waals surface area contributed by atoms with Crippen molar-refractivity contribution < 1.29 is 9.53 Å². The number of amides is 2. The molecule has 0 atom stereocenters. The maximum Gasteiger partial charge on any atom is 0.314 e. The maximum absolute atomic E-state index is 11.9. The zero-order valence-corrected chi connectivity index (χ0v) is 12.4. The van der Waals surface area contributed by atoms with Crippen LogP contribution in [-0.4, -0.2) is 42.6 Å². The molecule has 0 spiro atoms. The van der Waals surface area contributed by atoms with E-state index in [1.807, 2.05) is 0 Å². The number of carbonyl (C=O) groups excluding carboxylic acids is 1. The molecule has 0 fully saturated rings. The summed E-state index contributed by atoms with van der Waals surface area (Å²) in [6, 6.07) is 1.42. The molecule has 2 rings (SSSR count). The molecular formula is C14H22N4O3. The normalized spacial score (nSPS) is 13.6. The van der Waals surface area contributed by atoms with Gasteiger partial charge in [-0.2, -0.15) is 5.10 Å². The zero-order chi connectivity index (χ0) is 15.1. The third-order valence-corrected chi connectivity index (χ3v) is 3.47. The average Bonchev–Trinajstić information content (AvgIpc) is 2.48. The van der Waals surface area contributed by atoms with Crippen LogP contribution >= 0.6 is 0 Å². The van der Waals surface area contributed by atoms with E-state index in [1.54, 1.807) is 13.2 Å². The van der Waals surface area contributed by atoms with Crippen molar-refractivity contribution in [2.45, 2.75) is 32.2 Å². The van der Waals surface area contributed by atoms with Crippen LogP contribution in [0.1, 0.15) is 24.1 Å². The molecule has 1 aromatic heterocycles. The third kappa shape index (κ3) is 4.56. The summed E-state index contributed by atoms with van der Waals surface area (Å²) in [5, 5.41) is 9.74. The lowest BCUT2D eigenvalue weighted by atomic mass is 9.97. The fourth-order valence-electron chi connectivity index (χ4n) is 2.37. The number of fused-ring (bicyclic) bond motifs is 1. The van der Waals surface area contributed by atoms with Crippen molar-refractivity contribution in [1.29, 1.82) is 0 Å². The highest BCUT2D eigenvalue weighted by molar-refractivity contribution is 5.73. The van der Waals surface area contributed by atoms with Gasteiger partial charge in [-0.3, -0.25) is 4.79 Å². The fourth-order valence-corrected chi connectivity index (χ4v) is 2.37. The molecule has 116 valence electrons. The van der Waals surface area contributed by atoms with Crippen LogP contribution in [0.2, 0.25) is 0 Å². The van der Waals surface area contributed by atoms with Gasteiger partial charge in [-0.05, 0) is 31.2 Å². The topological polar surface area (TPSA) is 85.2 Å². The Balaban J connectivity index is 1.83. The first-order valence-corrected chi connectivity index (χ1v) is 7.31. The molecule has 0 aromatic carbocycles. The van der Waals surface area contributed by atoms with E-state index < -0.39 is 0 Å². The van der Waals surface area contributed by atoms with Crippen LogP contribution in [0.5, 0.6) is 0 Å². The molecule has 0 unspecified atom stereocenters. The lowest BCUT2D eigenvalue weighted by Crippen LogP contribution is -2.40. The van der Waals surface area contributed by atoms with Crippen LogP contribution < -0.4 is 16.2 Å². The second-order valence-corrected chi connectivity index (χ2v) is 5.06. The van der Waals surface area contributed by atoms with E-state index in [1.165, 1.54) is 4.68 Å². The molecule has 0 radical (unpaired) electrons. The van der Waals surface area contributed by atoms with Crippen molar-refractivity contribution in [3.63, 3.8) is 0 Å². The van der Waals surface area contributed by atoms with E-state index in [2.05, 4.69) is 15.7 Å². The molecule has 1 aliphatic rings. The van der Waals surface area contributed by atoms with Crippen LogP contribution in [0.15, 0.2) is 10.9 Å². The second-order valence-electron chi connectivity index (χ2n) is 5.06. The molecule has 1 aliphatic carbocycles. The van der Waals surface area contributed by atoms with Gasteiger partial charge in [0.05, 0.1) is 18.8 Å². The first-order chi connectivity index (χ1) is 10.2. The van der Waals surface area contributed by atoms with Crippen molar-refractivity contribution in [3.05, 3.63) is 27.7 Å². The Morgan fingerprint density at radius 1 is 1.33 bits per heavy atom. The van der Waals surface area contributed by atoms with Crippen LogP contribution in [0, 0.1) is 0 Å². The number of methoxy groups -OCH3 is 1. The SMILES string of the molecule is COCCNC(=O)NCCn1nc2c(cc1=O)CCCC2. The fraction of sp³-hybridized carbons (Fsp3) is 0.643. The van der Waals surface area contributed by atoms with E-state index in [9.17, 15) is 9.59 Å². The number of aryl methyl sites for hydroxylation is 2. The number of hydrogen-bond donors (Lipinski definition) is 2. The number of ether oxygens (including phenoxy) is 1. The number of nitrogens with one attached hydrogen (secondary N) is 2. The minimum Gasteiger partial charge on any atom is -0.383 e. The van der Waals surface area contributed by atoms with E-state index in [-0.39, 0.29) is 11.6 Å². The van der Waals surface area contributed by atoms with Gasteiger partial charge in [0.25, 0.3) is 5.56 Å². The van der Waals surface area contributed by atoms with E-state index in [0.29, 0.717) is 26.2 Å². The number of aromatic nitrogens is 2. The third-order valence-electron chi connectivity index (χ3n) is 3.47. The van der Waals surface area contributed by atoms with Gasteiger partial charge >= 0.3 is 6.03 Å². The molecule has 1 aromatic rings. The van der Waals surface area contributed by atoms with E-state index in [0.717, 1.165) is 36.9 Å². The van der Waals surface area contributed by atoms with E-state index in [4.69, 9.17) is 4.74 Å². The molecule has 0 aliphatic heterocycles. The highest BCUT2D eigenvalue weighted by Crippen LogP contribution is 2.16. The molecular weight excluding hydrogens is 272 g/mol. The van der Waals surface area contributed by atoms with Gasteiger partial charge in [0.15, 0.2) is 0 Å².